The smallest absolute Gasteiger partial charge is 0.267 e. The van der Waals surface area contributed by atoms with E-state index in [0.29, 0.717) is 23.0 Å². The lowest BCUT2D eigenvalue weighted by Gasteiger charge is -2.23. The molecule has 5 rings (SSSR count). The maximum Gasteiger partial charge on any atom is 0.267 e. The van der Waals surface area contributed by atoms with Crippen LogP contribution in [-0.2, 0) is 0 Å². The SMILES string of the molecule is NC=Cc1ncc(C2CCNCC2)cc1Oc1ccc(NC(=O)c2cccn(-c3ccc(F)cc3)c2=O)cc1F. The van der Waals surface area contributed by atoms with Gasteiger partial charge in [0.25, 0.3) is 11.5 Å². The quantitative estimate of drug-likeness (QED) is 0.304. The monoisotopic (exact) mass is 543 g/mol. The van der Waals surface area contributed by atoms with Crippen LogP contribution >= 0.6 is 0 Å². The van der Waals surface area contributed by atoms with Crippen molar-refractivity contribution < 1.29 is 18.3 Å². The van der Waals surface area contributed by atoms with Crippen molar-refractivity contribution >= 4 is 17.7 Å². The molecule has 0 saturated carbocycles. The topological polar surface area (TPSA) is 111 Å². The summed E-state index contributed by atoms with van der Waals surface area (Å²) in [5.41, 5.74) is 6.80. The Balaban J connectivity index is 1.35. The molecule has 0 unspecified atom stereocenters. The number of nitrogens with one attached hydrogen (secondary N) is 2. The highest BCUT2D eigenvalue weighted by atomic mass is 19.1. The number of nitrogens with zero attached hydrogens (tertiary/aromatic N) is 2. The Bertz CT molecular complexity index is 1610. The molecule has 0 radical (unpaired) electrons. The molecule has 0 bridgehead atoms. The Labute approximate surface area is 229 Å². The van der Waals surface area contributed by atoms with Crippen molar-refractivity contribution in [1.29, 1.82) is 0 Å². The van der Waals surface area contributed by atoms with Gasteiger partial charge >= 0.3 is 0 Å². The van der Waals surface area contributed by atoms with Crippen molar-refractivity contribution in [2.24, 2.45) is 5.73 Å². The first-order chi connectivity index (χ1) is 19.4. The second-order valence-corrected chi connectivity index (χ2v) is 9.31. The summed E-state index contributed by atoms with van der Waals surface area (Å²) in [7, 11) is 0. The molecular formula is C30H27F2N5O3. The number of benzene rings is 2. The number of aromatic nitrogens is 2. The Morgan fingerprint density at radius 3 is 2.58 bits per heavy atom. The predicted octanol–water partition coefficient (Wildman–Crippen LogP) is 4.95. The van der Waals surface area contributed by atoms with Gasteiger partial charge in [-0.15, -0.1) is 0 Å². The number of hydrogen-bond acceptors (Lipinski definition) is 6. The van der Waals surface area contributed by atoms with Gasteiger partial charge in [-0.1, -0.05) is 0 Å². The molecule has 10 heteroatoms. The molecule has 0 aliphatic carbocycles. The molecule has 2 aromatic carbocycles. The highest BCUT2D eigenvalue weighted by molar-refractivity contribution is 6.04. The fourth-order valence-electron chi connectivity index (χ4n) is 4.60. The van der Waals surface area contributed by atoms with E-state index >= 15 is 4.39 Å². The first-order valence-corrected chi connectivity index (χ1v) is 12.8. The van der Waals surface area contributed by atoms with Crippen LogP contribution in [0.25, 0.3) is 11.8 Å². The van der Waals surface area contributed by atoms with Crippen LogP contribution in [-0.4, -0.2) is 28.5 Å². The number of hydrogen-bond donors (Lipinski definition) is 3. The Morgan fingerprint density at radius 1 is 1.07 bits per heavy atom. The molecule has 0 spiro atoms. The van der Waals surface area contributed by atoms with Crippen LogP contribution in [0.3, 0.4) is 0 Å². The number of carbonyl (C=O) groups is 1. The summed E-state index contributed by atoms with van der Waals surface area (Å²) in [5.74, 6) is -1.27. The van der Waals surface area contributed by atoms with Gasteiger partial charge in [-0.3, -0.25) is 19.1 Å². The van der Waals surface area contributed by atoms with Gasteiger partial charge in [0.1, 0.15) is 17.1 Å². The van der Waals surface area contributed by atoms with Crippen molar-refractivity contribution in [3.63, 3.8) is 0 Å². The molecule has 2 aromatic heterocycles. The Hall–Kier alpha value is -4.83. The summed E-state index contributed by atoms with van der Waals surface area (Å²) in [6, 6.07) is 14.0. The maximum atomic E-state index is 15.1. The van der Waals surface area contributed by atoms with E-state index in [1.165, 1.54) is 65.5 Å². The van der Waals surface area contributed by atoms with Gasteiger partial charge in [0.05, 0.1) is 0 Å². The maximum absolute atomic E-state index is 15.1. The van der Waals surface area contributed by atoms with Gasteiger partial charge in [0.15, 0.2) is 17.3 Å². The Morgan fingerprint density at radius 2 is 1.85 bits per heavy atom. The molecule has 1 fully saturated rings. The molecule has 4 aromatic rings. The van der Waals surface area contributed by atoms with Gasteiger partial charge in [-0.2, -0.15) is 0 Å². The minimum Gasteiger partial charge on any atom is -0.452 e. The summed E-state index contributed by atoms with van der Waals surface area (Å²) < 4.78 is 35.5. The second-order valence-electron chi connectivity index (χ2n) is 9.31. The molecule has 1 aliphatic rings. The van der Waals surface area contributed by atoms with Gasteiger partial charge < -0.3 is 21.1 Å². The zero-order valence-corrected chi connectivity index (χ0v) is 21.4. The lowest BCUT2D eigenvalue weighted by Crippen LogP contribution is -2.27. The fourth-order valence-corrected chi connectivity index (χ4v) is 4.60. The molecule has 8 nitrogen and oxygen atoms in total. The van der Waals surface area contributed by atoms with E-state index in [4.69, 9.17) is 10.5 Å². The predicted molar refractivity (Wildman–Crippen MR) is 149 cm³/mol. The number of carbonyl (C=O) groups excluding carboxylic acids is 1. The van der Waals surface area contributed by atoms with E-state index in [0.717, 1.165) is 37.6 Å². The number of amides is 1. The number of piperidine rings is 1. The third-order valence-corrected chi connectivity index (χ3v) is 6.67. The molecular weight excluding hydrogens is 516 g/mol. The summed E-state index contributed by atoms with van der Waals surface area (Å²) >= 11 is 0. The minimum atomic E-state index is -0.719. The fraction of sp³-hybridized carbons (Fsp3) is 0.167. The zero-order chi connectivity index (χ0) is 28.1. The number of rotatable bonds is 7. The molecule has 3 heterocycles. The molecule has 0 atom stereocenters. The van der Waals surface area contributed by atoms with Crippen LogP contribution in [0.2, 0.25) is 0 Å². The van der Waals surface area contributed by atoms with E-state index < -0.39 is 23.1 Å². The highest BCUT2D eigenvalue weighted by Crippen LogP contribution is 2.33. The van der Waals surface area contributed by atoms with Gasteiger partial charge in [-0.05, 0) is 104 Å². The summed E-state index contributed by atoms with van der Waals surface area (Å²) in [6.07, 6.45) is 8.11. The van der Waals surface area contributed by atoms with Crippen LogP contribution in [0.5, 0.6) is 11.5 Å². The van der Waals surface area contributed by atoms with Crippen molar-refractivity contribution in [2.45, 2.75) is 18.8 Å². The van der Waals surface area contributed by atoms with E-state index in [2.05, 4.69) is 15.6 Å². The molecule has 4 N–H and O–H groups in total. The average Bonchev–Trinajstić information content (AvgIpc) is 2.96. The standard InChI is InChI=1S/C30H27F2N5O3/c31-21-3-6-23(7-4-21)37-15-1-2-24(30(37)39)29(38)36-22-5-8-27(25(32)17-22)40-28-16-20(18-35-26(28)9-12-33)19-10-13-34-14-11-19/h1-9,12,15-19,34H,10-11,13-14,33H2,(H,36,38). The Kier molecular flexibility index (Phi) is 7.97. The van der Waals surface area contributed by atoms with Crippen LogP contribution in [0.1, 0.15) is 40.4 Å². The second kappa shape index (κ2) is 11.9. The molecule has 204 valence electrons. The largest absolute Gasteiger partial charge is 0.452 e. The number of halogens is 2. The van der Waals surface area contributed by atoms with Crippen LogP contribution in [0, 0.1) is 11.6 Å². The first kappa shape index (κ1) is 26.8. The minimum absolute atomic E-state index is 0.0627. The van der Waals surface area contributed by atoms with Crippen molar-refractivity contribution in [3.8, 4) is 17.2 Å². The summed E-state index contributed by atoms with van der Waals surface area (Å²) in [6.45, 7) is 1.83. The number of anilines is 1. The van der Waals surface area contributed by atoms with E-state index in [-0.39, 0.29) is 17.0 Å². The van der Waals surface area contributed by atoms with Gasteiger partial charge in [0, 0.05) is 29.8 Å². The third-order valence-electron chi connectivity index (χ3n) is 6.67. The van der Waals surface area contributed by atoms with Crippen LogP contribution in [0.4, 0.5) is 14.5 Å². The highest BCUT2D eigenvalue weighted by Gasteiger charge is 2.19. The molecule has 1 amide bonds. The average molecular weight is 544 g/mol. The van der Waals surface area contributed by atoms with E-state index in [1.807, 2.05) is 6.07 Å². The summed E-state index contributed by atoms with van der Waals surface area (Å²) in [4.78, 5) is 30.3. The van der Waals surface area contributed by atoms with Gasteiger partial charge in [0.2, 0.25) is 0 Å². The zero-order valence-electron chi connectivity index (χ0n) is 21.4. The van der Waals surface area contributed by atoms with E-state index in [9.17, 15) is 14.0 Å². The number of nitrogens with two attached hydrogens (primary N) is 1. The lowest BCUT2D eigenvalue weighted by molar-refractivity contribution is 0.102. The molecule has 40 heavy (non-hydrogen) atoms. The lowest BCUT2D eigenvalue weighted by atomic mass is 9.91. The van der Waals surface area contributed by atoms with Crippen molar-refractivity contribution in [1.82, 2.24) is 14.9 Å². The normalized spacial score (nSPS) is 13.8. The molecule has 1 aliphatic heterocycles. The number of ether oxygens (including phenoxy) is 1. The third kappa shape index (κ3) is 5.92. The van der Waals surface area contributed by atoms with E-state index in [1.54, 1.807) is 12.3 Å². The molecule has 1 saturated heterocycles. The first-order valence-electron chi connectivity index (χ1n) is 12.8. The van der Waals surface area contributed by atoms with Crippen LogP contribution < -0.4 is 26.7 Å². The van der Waals surface area contributed by atoms with Crippen molar-refractivity contribution in [3.05, 3.63) is 118 Å². The van der Waals surface area contributed by atoms with Gasteiger partial charge in [-0.25, -0.2) is 8.78 Å². The van der Waals surface area contributed by atoms with Crippen LogP contribution in [0.15, 0.2) is 84.1 Å². The summed E-state index contributed by atoms with van der Waals surface area (Å²) in [5, 5.41) is 5.88. The number of pyridine rings is 2. The van der Waals surface area contributed by atoms with Crippen molar-refractivity contribution in [2.75, 3.05) is 18.4 Å².